The maximum atomic E-state index is 13.9. The van der Waals surface area contributed by atoms with Crippen molar-refractivity contribution in [1.82, 2.24) is 0 Å². The highest BCUT2D eigenvalue weighted by Crippen LogP contribution is 2.34. The van der Waals surface area contributed by atoms with Crippen molar-refractivity contribution in [1.29, 1.82) is 0 Å². The van der Waals surface area contributed by atoms with Crippen LogP contribution in [0.15, 0.2) is 59.5 Å². The molecule has 0 aliphatic heterocycles. The van der Waals surface area contributed by atoms with Crippen LogP contribution in [0.1, 0.15) is 5.56 Å². The minimum atomic E-state index is -4.74. The van der Waals surface area contributed by atoms with Crippen LogP contribution in [0.5, 0.6) is 0 Å². The third-order valence-corrected chi connectivity index (χ3v) is 5.37. The van der Waals surface area contributed by atoms with E-state index in [9.17, 15) is 26.0 Å². The quantitative estimate of drug-likeness (QED) is 0.591. The molecule has 136 valence electrons. The maximum Gasteiger partial charge on any atom is 0.416 e. The first-order valence-corrected chi connectivity index (χ1v) is 9.02. The third kappa shape index (κ3) is 3.47. The van der Waals surface area contributed by atoms with Gasteiger partial charge in [0.05, 0.1) is 16.1 Å². The fraction of sp³-hybridized carbons (Fsp3) is 0.0588. The molecule has 3 aromatic rings. The summed E-state index contributed by atoms with van der Waals surface area (Å²) in [6.07, 6.45) is -4.74. The van der Waals surface area contributed by atoms with E-state index in [1.165, 1.54) is 18.2 Å². The van der Waals surface area contributed by atoms with E-state index in [4.69, 9.17) is 11.6 Å². The first-order valence-electron chi connectivity index (χ1n) is 7.16. The number of nitrogens with one attached hydrogen (secondary N) is 1. The molecule has 0 saturated carbocycles. The van der Waals surface area contributed by atoms with Crippen molar-refractivity contribution in [3.8, 4) is 0 Å². The predicted octanol–water partition coefficient (Wildman–Crippen LogP) is 5.45. The second kappa shape index (κ2) is 6.44. The summed E-state index contributed by atoms with van der Waals surface area (Å²) >= 11 is 6.07. The van der Waals surface area contributed by atoms with E-state index in [-0.39, 0.29) is 15.3 Å². The minimum Gasteiger partial charge on any atom is -0.277 e. The Hall–Kier alpha value is -2.32. The Morgan fingerprint density at radius 1 is 0.962 bits per heavy atom. The number of anilines is 1. The van der Waals surface area contributed by atoms with Gasteiger partial charge in [-0.1, -0.05) is 35.9 Å². The van der Waals surface area contributed by atoms with Crippen LogP contribution in [0.25, 0.3) is 10.8 Å². The fourth-order valence-corrected chi connectivity index (χ4v) is 4.12. The lowest BCUT2D eigenvalue weighted by Crippen LogP contribution is -2.15. The zero-order valence-corrected chi connectivity index (χ0v) is 14.4. The van der Waals surface area contributed by atoms with Crippen LogP contribution in [0, 0.1) is 5.82 Å². The van der Waals surface area contributed by atoms with Crippen LogP contribution in [0.4, 0.5) is 23.2 Å². The van der Waals surface area contributed by atoms with Crippen molar-refractivity contribution in [2.24, 2.45) is 0 Å². The molecule has 0 unspecified atom stereocenters. The number of halogens is 5. The summed E-state index contributed by atoms with van der Waals surface area (Å²) in [5.74, 6) is -1.13. The Balaban J connectivity index is 2.12. The number of fused-ring (bicyclic) bond motifs is 1. The van der Waals surface area contributed by atoms with Gasteiger partial charge in [-0.3, -0.25) is 4.72 Å². The van der Waals surface area contributed by atoms with Gasteiger partial charge >= 0.3 is 6.18 Å². The summed E-state index contributed by atoms with van der Waals surface area (Å²) in [5, 5.41) is 0.856. The first-order chi connectivity index (χ1) is 12.1. The summed E-state index contributed by atoms with van der Waals surface area (Å²) < 4.78 is 79.5. The predicted molar refractivity (Wildman–Crippen MR) is 91.2 cm³/mol. The molecule has 0 spiro atoms. The average molecular weight is 404 g/mol. The van der Waals surface area contributed by atoms with E-state index in [0.717, 1.165) is 0 Å². The molecule has 9 heteroatoms. The smallest absolute Gasteiger partial charge is 0.277 e. The molecule has 0 fully saturated rings. The zero-order valence-electron chi connectivity index (χ0n) is 12.8. The number of hydrogen-bond acceptors (Lipinski definition) is 2. The molecule has 0 radical (unpaired) electrons. The monoisotopic (exact) mass is 403 g/mol. The Morgan fingerprint density at radius 3 is 2.27 bits per heavy atom. The molecule has 0 atom stereocenters. The Labute approximate surface area is 151 Å². The molecular formula is C17H10ClF4NO2S. The average Bonchev–Trinajstić information content (AvgIpc) is 2.55. The number of alkyl halides is 3. The Bertz CT molecular complexity index is 1090. The number of rotatable bonds is 3. The van der Waals surface area contributed by atoms with Gasteiger partial charge in [-0.15, -0.1) is 0 Å². The highest BCUT2D eigenvalue weighted by Gasteiger charge is 2.32. The normalized spacial score (nSPS) is 12.3. The topological polar surface area (TPSA) is 46.2 Å². The lowest BCUT2D eigenvalue weighted by molar-refractivity contribution is -0.137. The molecule has 0 bridgehead atoms. The molecule has 3 nitrogen and oxygen atoms in total. The molecule has 3 aromatic carbocycles. The molecular weight excluding hydrogens is 394 g/mol. The zero-order chi connectivity index (χ0) is 19.1. The van der Waals surface area contributed by atoms with Crippen LogP contribution in [-0.2, 0) is 16.2 Å². The SMILES string of the molecule is O=S(=O)(Nc1cc(C(F)(F)F)ccc1F)c1cccc2cccc(Cl)c12. The lowest BCUT2D eigenvalue weighted by Gasteiger charge is -2.14. The lowest BCUT2D eigenvalue weighted by atomic mass is 10.1. The molecule has 0 saturated heterocycles. The van der Waals surface area contributed by atoms with Crippen LogP contribution in [0.3, 0.4) is 0 Å². The van der Waals surface area contributed by atoms with Crippen molar-refractivity contribution in [3.05, 3.63) is 71.0 Å². The van der Waals surface area contributed by atoms with Crippen molar-refractivity contribution < 1.29 is 26.0 Å². The highest BCUT2D eigenvalue weighted by atomic mass is 35.5. The van der Waals surface area contributed by atoms with Crippen molar-refractivity contribution in [2.45, 2.75) is 11.1 Å². The van der Waals surface area contributed by atoms with Gasteiger partial charge < -0.3 is 0 Å². The second-order valence-corrected chi connectivity index (χ2v) is 7.45. The molecule has 0 aliphatic rings. The van der Waals surface area contributed by atoms with Crippen LogP contribution < -0.4 is 4.72 Å². The number of sulfonamides is 1. The molecule has 3 rings (SSSR count). The Kier molecular flexibility index (Phi) is 4.58. The fourth-order valence-electron chi connectivity index (χ4n) is 2.47. The van der Waals surface area contributed by atoms with E-state index >= 15 is 0 Å². The number of hydrogen-bond donors (Lipinski definition) is 1. The standard InChI is InChI=1S/C17H10ClF4NO2S/c18-12-5-1-3-10-4-2-6-15(16(10)12)26(24,25)23-14-9-11(17(20,21)22)7-8-13(14)19/h1-9,23H. The summed E-state index contributed by atoms with van der Waals surface area (Å²) in [6.45, 7) is 0. The van der Waals surface area contributed by atoms with Gasteiger partial charge in [-0.2, -0.15) is 13.2 Å². The van der Waals surface area contributed by atoms with Gasteiger partial charge in [0.25, 0.3) is 10.0 Å². The highest BCUT2D eigenvalue weighted by molar-refractivity contribution is 7.93. The molecule has 1 N–H and O–H groups in total. The van der Waals surface area contributed by atoms with Crippen LogP contribution in [0.2, 0.25) is 5.02 Å². The van der Waals surface area contributed by atoms with Gasteiger partial charge in [0.2, 0.25) is 0 Å². The summed E-state index contributed by atoms with van der Waals surface area (Å²) in [7, 11) is -4.39. The van der Waals surface area contributed by atoms with Gasteiger partial charge in [0.15, 0.2) is 0 Å². The first kappa shape index (κ1) is 18.5. The molecule has 0 aliphatic carbocycles. The van der Waals surface area contributed by atoms with E-state index in [1.54, 1.807) is 18.2 Å². The van der Waals surface area contributed by atoms with Crippen LogP contribution >= 0.6 is 11.6 Å². The summed E-state index contributed by atoms with van der Waals surface area (Å²) in [4.78, 5) is -0.266. The second-order valence-electron chi connectivity index (χ2n) is 5.39. The number of benzene rings is 3. The van der Waals surface area contributed by atoms with Gasteiger partial charge in [0.1, 0.15) is 5.82 Å². The van der Waals surface area contributed by atoms with Gasteiger partial charge in [-0.25, -0.2) is 12.8 Å². The largest absolute Gasteiger partial charge is 0.416 e. The molecule has 0 amide bonds. The molecule has 0 heterocycles. The summed E-state index contributed by atoms with van der Waals surface area (Å²) in [6, 6.07) is 10.5. The van der Waals surface area contributed by atoms with Crippen LogP contribution in [-0.4, -0.2) is 8.42 Å². The maximum absolute atomic E-state index is 13.9. The minimum absolute atomic E-state index is 0.146. The van der Waals surface area contributed by atoms with E-state index < -0.39 is 33.3 Å². The summed E-state index contributed by atoms with van der Waals surface area (Å²) in [5.41, 5.74) is -1.98. The van der Waals surface area contributed by atoms with Gasteiger partial charge in [0, 0.05) is 10.4 Å². The van der Waals surface area contributed by atoms with E-state index in [0.29, 0.717) is 23.6 Å². The third-order valence-electron chi connectivity index (χ3n) is 3.64. The van der Waals surface area contributed by atoms with E-state index in [1.807, 2.05) is 4.72 Å². The van der Waals surface area contributed by atoms with E-state index in [2.05, 4.69) is 0 Å². The molecule has 0 aromatic heterocycles. The van der Waals surface area contributed by atoms with Crippen molar-refractivity contribution in [2.75, 3.05) is 4.72 Å². The molecule has 26 heavy (non-hydrogen) atoms. The van der Waals surface area contributed by atoms with Crippen molar-refractivity contribution >= 4 is 38.1 Å². The Morgan fingerprint density at radius 2 is 1.62 bits per heavy atom. The van der Waals surface area contributed by atoms with Crippen molar-refractivity contribution in [3.63, 3.8) is 0 Å². The van der Waals surface area contributed by atoms with Gasteiger partial charge in [-0.05, 0) is 35.7 Å².